The minimum Gasteiger partial charge on any atom is -0.338 e. The van der Waals surface area contributed by atoms with Crippen LogP contribution in [-0.2, 0) is 20.0 Å². The molecule has 0 aliphatic carbocycles. The Morgan fingerprint density at radius 1 is 0.625 bits per heavy atom. The van der Waals surface area contributed by atoms with Gasteiger partial charge in [0.15, 0.2) is 0 Å². The molecule has 6 rings (SSSR count). The topological polar surface area (TPSA) is 231 Å². The first-order valence-electron chi connectivity index (χ1n) is 13.3. The maximum atomic E-state index is 12.3. The van der Waals surface area contributed by atoms with Crippen molar-refractivity contribution in [1.29, 1.82) is 0 Å². The molecule has 2 N–H and O–H groups in total. The molecule has 20 heteroatoms. The quantitative estimate of drug-likeness (QED) is 0.109. The summed E-state index contributed by atoms with van der Waals surface area (Å²) in [6.45, 7) is 3.35. The molecule has 0 spiro atoms. The van der Waals surface area contributed by atoms with Crippen molar-refractivity contribution in [2.75, 3.05) is 9.44 Å². The van der Waals surface area contributed by atoms with E-state index in [-0.39, 0.29) is 31.6 Å². The van der Waals surface area contributed by atoms with Crippen LogP contribution in [0.25, 0.3) is 20.9 Å². The zero-order valence-corrected chi connectivity index (χ0v) is 27.9. The number of thiophene rings is 2. The number of anilines is 2. The van der Waals surface area contributed by atoms with Gasteiger partial charge in [-0.15, -0.1) is 22.7 Å². The Labute approximate surface area is 280 Å². The molecule has 4 aromatic heterocycles. The van der Waals surface area contributed by atoms with E-state index in [1.54, 1.807) is 50.2 Å². The fourth-order valence-corrected chi connectivity index (χ4v) is 8.53. The second-order valence-electron chi connectivity index (χ2n) is 9.73. The van der Waals surface area contributed by atoms with Crippen molar-refractivity contribution in [3.05, 3.63) is 117 Å². The number of non-ortho nitro benzene ring substituents is 2. The molecule has 0 unspecified atom stereocenters. The number of aryl methyl sites for hydroxylation is 2. The molecule has 6 aromatic rings. The molecule has 0 amide bonds. The molecule has 0 saturated carbocycles. The molecule has 0 radical (unpaired) electrons. The summed E-state index contributed by atoms with van der Waals surface area (Å²) in [7, 11) is -7.63. The highest BCUT2D eigenvalue weighted by atomic mass is 32.3. The van der Waals surface area contributed by atoms with Crippen molar-refractivity contribution in [2.24, 2.45) is 0 Å². The lowest BCUT2D eigenvalue weighted by Crippen LogP contribution is -2.10. The highest BCUT2D eigenvalue weighted by molar-refractivity contribution is 7.95. The molecule has 248 valence electrons. The van der Waals surface area contributed by atoms with Gasteiger partial charge in [0.25, 0.3) is 31.4 Å². The van der Waals surface area contributed by atoms with Crippen LogP contribution in [0.3, 0.4) is 0 Å². The zero-order chi connectivity index (χ0) is 34.6. The summed E-state index contributed by atoms with van der Waals surface area (Å²) >= 11 is 2.01. The normalized spacial score (nSPS) is 11.4. The van der Waals surface area contributed by atoms with Gasteiger partial charge in [0.05, 0.1) is 21.2 Å². The largest absolute Gasteiger partial charge is 0.338 e. The Kier molecular flexibility index (Phi) is 9.70. The molecule has 0 fully saturated rings. The number of hydrogen-bond acceptors (Lipinski definition) is 14. The maximum absolute atomic E-state index is 12.3. The molecule has 16 nitrogen and oxygen atoms in total. The van der Waals surface area contributed by atoms with Crippen LogP contribution in [0.4, 0.5) is 23.1 Å². The van der Waals surface area contributed by atoms with E-state index >= 15 is 0 Å². The summed E-state index contributed by atoms with van der Waals surface area (Å²) in [5, 5.41) is 28.9. The number of nitrogens with one attached hydrogen (secondary N) is 2. The van der Waals surface area contributed by atoms with E-state index in [2.05, 4.69) is 19.8 Å². The number of sulfonamides is 2. The molecule has 0 saturated heterocycles. The van der Waals surface area contributed by atoms with Crippen LogP contribution in [-0.4, -0.2) is 37.0 Å². The van der Waals surface area contributed by atoms with Gasteiger partial charge < -0.3 is 9.05 Å². The van der Waals surface area contributed by atoms with E-state index in [0.29, 0.717) is 32.3 Å². The van der Waals surface area contributed by atoms with Crippen LogP contribution in [0, 0.1) is 34.1 Å². The van der Waals surface area contributed by atoms with Gasteiger partial charge in [0, 0.05) is 46.2 Å². The van der Waals surface area contributed by atoms with E-state index in [1.165, 1.54) is 48.5 Å². The van der Waals surface area contributed by atoms with Gasteiger partial charge in [-0.3, -0.25) is 20.2 Å². The highest BCUT2D eigenvalue weighted by Gasteiger charge is 2.21. The van der Waals surface area contributed by atoms with Crippen LogP contribution in [0.1, 0.15) is 11.4 Å². The van der Waals surface area contributed by atoms with Gasteiger partial charge in [-0.25, -0.2) is 26.3 Å². The first-order valence-corrected chi connectivity index (χ1v) is 17.9. The Bertz CT molecular complexity index is 2180. The molecule has 0 atom stereocenters. The number of nitrogens with zero attached hydrogens (tertiary/aromatic N) is 4. The third kappa shape index (κ3) is 8.09. The van der Waals surface area contributed by atoms with Gasteiger partial charge in [0.2, 0.25) is 11.8 Å². The number of aromatic nitrogens is 2. The molecule has 2 aromatic carbocycles. The van der Waals surface area contributed by atoms with E-state index in [1.807, 2.05) is 0 Å². The number of nitro groups is 2. The molecule has 4 heterocycles. The Balaban J connectivity index is 0.000000188. The third-order valence-electron chi connectivity index (χ3n) is 6.10. The van der Waals surface area contributed by atoms with Crippen LogP contribution in [0.15, 0.2) is 102 Å². The summed E-state index contributed by atoms with van der Waals surface area (Å²) in [5.41, 5.74) is 2.14. The van der Waals surface area contributed by atoms with Crippen molar-refractivity contribution < 1.29 is 35.7 Å². The van der Waals surface area contributed by atoms with Gasteiger partial charge >= 0.3 is 0 Å². The van der Waals surface area contributed by atoms with Crippen molar-refractivity contribution >= 4 is 65.9 Å². The predicted octanol–water partition coefficient (Wildman–Crippen LogP) is 6.84. The van der Waals surface area contributed by atoms with Crippen LogP contribution < -0.4 is 9.44 Å². The maximum Gasteiger partial charge on any atom is 0.273 e. The lowest BCUT2D eigenvalue weighted by atomic mass is 10.2. The molecule has 0 aliphatic heterocycles. The summed E-state index contributed by atoms with van der Waals surface area (Å²) in [6.07, 6.45) is 0. The lowest BCUT2D eigenvalue weighted by Gasteiger charge is -2.01. The zero-order valence-electron chi connectivity index (χ0n) is 24.6. The van der Waals surface area contributed by atoms with Crippen molar-refractivity contribution in [3.8, 4) is 20.9 Å². The average Bonchev–Trinajstić information content (AvgIpc) is 3.86. The van der Waals surface area contributed by atoms with E-state index < -0.39 is 29.9 Å². The van der Waals surface area contributed by atoms with E-state index in [0.717, 1.165) is 22.7 Å². The van der Waals surface area contributed by atoms with Crippen molar-refractivity contribution in [3.63, 3.8) is 0 Å². The van der Waals surface area contributed by atoms with Gasteiger partial charge in [-0.2, -0.15) is 0 Å². The molecule has 48 heavy (non-hydrogen) atoms. The first-order chi connectivity index (χ1) is 22.7. The predicted molar refractivity (Wildman–Crippen MR) is 177 cm³/mol. The van der Waals surface area contributed by atoms with E-state index in [4.69, 9.17) is 9.05 Å². The number of hydrogen-bond donors (Lipinski definition) is 2. The van der Waals surface area contributed by atoms with E-state index in [9.17, 15) is 37.1 Å². The Hall–Kier alpha value is -5.44. The second kappa shape index (κ2) is 13.7. The van der Waals surface area contributed by atoms with Crippen LogP contribution >= 0.6 is 22.7 Å². The third-order valence-corrected chi connectivity index (χ3v) is 12.0. The average molecular weight is 731 g/mol. The number of nitro benzene ring substituents is 2. The molecule has 0 bridgehead atoms. The fraction of sp³-hybridized carbons (Fsp3) is 0.0714. The molecular formula is C28H22N6O10S4. The Morgan fingerprint density at radius 3 is 1.35 bits per heavy atom. The van der Waals surface area contributed by atoms with Gasteiger partial charge in [-0.1, -0.05) is 34.6 Å². The minimum atomic E-state index is -3.81. The number of benzene rings is 2. The lowest BCUT2D eigenvalue weighted by molar-refractivity contribution is -0.385. The second-order valence-corrected chi connectivity index (χ2v) is 15.7. The minimum absolute atomic E-state index is 0.0257. The number of rotatable bonds is 10. The highest BCUT2D eigenvalue weighted by Crippen LogP contribution is 2.34. The fourth-order valence-electron chi connectivity index (χ4n) is 3.97. The van der Waals surface area contributed by atoms with Crippen molar-refractivity contribution in [2.45, 2.75) is 22.3 Å². The van der Waals surface area contributed by atoms with Gasteiger partial charge in [-0.05, 0) is 49.2 Å². The van der Waals surface area contributed by atoms with Crippen LogP contribution in [0.5, 0.6) is 0 Å². The summed E-state index contributed by atoms with van der Waals surface area (Å²) in [6, 6.07) is 21.0. The monoisotopic (exact) mass is 730 g/mol. The Morgan fingerprint density at radius 2 is 1.02 bits per heavy atom. The molecule has 0 aliphatic rings. The summed E-state index contributed by atoms with van der Waals surface area (Å²) < 4.78 is 63.8. The smallest absolute Gasteiger partial charge is 0.273 e. The standard InChI is InChI=1S/2C14H11N3O5S2/c2*1-9-7-13(22-15-9)16-24(20,21)14-6-5-12(23-14)10-3-2-4-11(8-10)17(18)19/h2*2-8,16H,1H3. The molecular weight excluding hydrogens is 709 g/mol. The SMILES string of the molecule is Cc1cc(NS(=O)(=O)c2ccc(-c3cccc([N+](=O)[O-])c3)s2)on1.Cc1cc(NS(=O)(=O)c2ccc(-c3cccc([N+](=O)[O-])c3)s2)on1. The summed E-state index contributed by atoms with van der Waals surface area (Å²) in [5.74, 6) is 0.0515. The summed E-state index contributed by atoms with van der Waals surface area (Å²) in [4.78, 5) is 21.9. The van der Waals surface area contributed by atoms with Crippen LogP contribution in [0.2, 0.25) is 0 Å². The first kappa shape index (κ1) is 33.9. The van der Waals surface area contributed by atoms with Crippen molar-refractivity contribution in [1.82, 2.24) is 10.3 Å². The van der Waals surface area contributed by atoms with Gasteiger partial charge in [0.1, 0.15) is 8.42 Å².